The fourth-order valence-corrected chi connectivity index (χ4v) is 4.31. The van der Waals surface area contributed by atoms with Gasteiger partial charge in [0, 0.05) is 23.9 Å². The average Bonchev–Trinajstić information content (AvgIpc) is 3.07. The summed E-state index contributed by atoms with van der Waals surface area (Å²) >= 11 is 1.56. The third-order valence-electron chi connectivity index (χ3n) is 4.10. The Labute approximate surface area is 156 Å². The van der Waals surface area contributed by atoms with Crippen LogP contribution in [-0.4, -0.2) is 48.2 Å². The topological polar surface area (TPSA) is 105 Å². The zero-order chi connectivity index (χ0) is 18.6. The molecule has 1 aromatic heterocycles. The van der Waals surface area contributed by atoms with Crippen LogP contribution in [0.4, 0.5) is 6.01 Å². The molecule has 0 radical (unpaired) electrons. The number of carbonyl (C=O) groups is 1. The Balaban J connectivity index is 1.49. The molecule has 8 nitrogen and oxygen atoms in total. The molecule has 0 bridgehead atoms. The number of anilines is 1. The van der Waals surface area contributed by atoms with Crippen LogP contribution >= 0.6 is 11.8 Å². The Bertz CT molecular complexity index is 846. The molecule has 2 heterocycles. The summed E-state index contributed by atoms with van der Waals surface area (Å²) in [7, 11) is -3.20. The minimum Gasteiger partial charge on any atom is -0.407 e. The molecule has 1 aliphatic rings. The first kappa shape index (κ1) is 18.9. The zero-order valence-electron chi connectivity index (χ0n) is 14.3. The molecular formula is C16H20N4O4S2. The highest BCUT2D eigenvalue weighted by Gasteiger charge is 2.29. The van der Waals surface area contributed by atoms with E-state index in [9.17, 15) is 13.2 Å². The molecule has 1 aliphatic heterocycles. The number of carbonyl (C=O) groups excluding carboxylic acids is 1. The maximum atomic E-state index is 12.3. The molecule has 0 spiro atoms. The van der Waals surface area contributed by atoms with Crippen molar-refractivity contribution < 1.29 is 17.6 Å². The van der Waals surface area contributed by atoms with E-state index in [2.05, 4.69) is 15.5 Å². The van der Waals surface area contributed by atoms with Crippen molar-refractivity contribution in [3.63, 3.8) is 0 Å². The summed E-state index contributed by atoms with van der Waals surface area (Å²) in [5.41, 5.74) is 0. The van der Waals surface area contributed by atoms with Crippen LogP contribution in [-0.2, 0) is 20.6 Å². The van der Waals surface area contributed by atoms with Crippen LogP contribution in [0.3, 0.4) is 0 Å². The van der Waals surface area contributed by atoms with Gasteiger partial charge in [-0.3, -0.25) is 10.1 Å². The molecule has 1 amide bonds. The van der Waals surface area contributed by atoms with Crippen LogP contribution in [0.25, 0.3) is 0 Å². The van der Waals surface area contributed by atoms with Gasteiger partial charge in [-0.05, 0) is 25.0 Å². The SMILES string of the molecule is CS(=O)(=O)N1CCC(C(=O)Nc2nnc(CSc3ccccc3)o2)CC1. The standard InChI is InChI=1S/C16H20N4O4S2/c1-26(22,23)20-9-7-12(8-10-20)15(21)17-16-19-18-14(24-16)11-25-13-5-3-2-4-6-13/h2-6,12H,7-11H2,1H3,(H,17,19,21). The lowest BCUT2D eigenvalue weighted by Gasteiger charge is -2.29. The number of aromatic nitrogens is 2. The largest absolute Gasteiger partial charge is 0.407 e. The smallest absolute Gasteiger partial charge is 0.322 e. The Morgan fingerprint density at radius 2 is 1.96 bits per heavy atom. The molecular weight excluding hydrogens is 376 g/mol. The predicted octanol–water partition coefficient (Wildman–Crippen LogP) is 1.97. The van der Waals surface area contributed by atoms with Gasteiger partial charge in [0.2, 0.25) is 21.8 Å². The van der Waals surface area contributed by atoms with Gasteiger partial charge in [0.15, 0.2) is 0 Å². The fourth-order valence-electron chi connectivity index (χ4n) is 2.68. The number of hydrogen-bond acceptors (Lipinski definition) is 7. The van der Waals surface area contributed by atoms with E-state index in [0.717, 1.165) is 4.90 Å². The summed E-state index contributed by atoms with van der Waals surface area (Å²) in [6, 6.07) is 9.92. The molecule has 1 fully saturated rings. The van der Waals surface area contributed by atoms with Crippen LogP contribution in [0, 0.1) is 5.92 Å². The number of hydrogen-bond donors (Lipinski definition) is 1. The van der Waals surface area contributed by atoms with Crippen LogP contribution in [0.1, 0.15) is 18.7 Å². The van der Waals surface area contributed by atoms with Crippen LogP contribution in [0.15, 0.2) is 39.6 Å². The second-order valence-electron chi connectivity index (χ2n) is 6.03. The van der Waals surface area contributed by atoms with Crippen molar-refractivity contribution in [2.75, 3.05) is 24.7 Å². The first-order valence-electron chi connectivity index (χ1n) is 8.18. The Morgan fingerprint density at radius 3 is 2.62 bits per heavy atom. The molecule has 1 saturated heterocycles. The first-order valence-corrected chi connectivity index (χ1v) is 11.0. The maximum Gasteiger partial charge on any atom is 0.322 e. The van der Waals surface area contributed by atoms with Crippen LogP contribution in [0.2, 0.25) is 0 Å². The van der Waals surface area contributed by atoms with Gasteiger partial charge < -0.3 is 4.42 Å². The van der Waals surface area contributed by atoms with Crippen LogP contribution < -0.4 is 5.32 Å². The van der Waals surface area contributed by atoms with E-state index in [1.54, 1.807) is 11.8 Å². The Morgan fingerprint density at radius 1 is 1.27 bits per heavy atom. The Hall–Kier alpha value is -1.91. The van der Waals surface area contributed by atoms with E-state index >= 15 is 0 Å². The van der Waals surface area contributed by atoms with Crippen molar-refractivity contribution in [1.82, 2.24) is 14.5 Å². The van der Waals surface area contributed by atoms with Crippen molar-refractivity contribution in [3.8, 4) is 0 Å². The van der Waals surface area contributed by atoms with E-state index in [0.29, 0.717) is 37.6 Å². The first-order chi connectivity index (χ1) is 12.4. The molecule has 0 atom stereocenters. The molecule has 1 aromatic carbocycles. The molecule has 0 aliphatic carbocycles. The third kappa shape index (κ3) is 5.05. The van der Waals surface area contributed by atoms with E-state index in [1.165, 1.54) is 10.6 Å². The van der Waals surface area contributed by atoms with Crippen molar-refractivity contribution in [2.45, 2.75) is 23.5 Å². The van der Waals surface area contributed by atoms with Gasteiger partial charge in [-0.1, -0.05) is 23.3 Å². The normalized spacial score (nSPS) is 16.5. The van der Waals surface area contributed by atoms with E-state index in [1.807, 2.05) is 30.3 Å². The van der Waals surface area contributed by atoms with Gasteiger partial charge >= 0.3 is 6.01 Å². The lowest BCUT2D eigenvalue weighted by molar-refractivity contribution is -0.121. The molecule has 140 valence electrons. The van der Waals surface area contributed by atoms with Gasteiger partial charge in [-0.25, -0.2) is 12.7 Å². The second kappa shape index (κ2) is 8.19. The number of piperidine rings is 1. The summed E-state index contributed by atoms with van der Waals surface area (Å²) in [6.45, 7) is 0.694. The summed E-state index contributed by atoms with van der Waals surface area (Å²) in [4.78, 5) is 13.4. The number of sulfonamides is 1. The highest BCUT2D eigenvalue weighted by molar-refractivity contribution is 7.98. The lowest BCUT2D eigenvalue weighted by atomic mass is 9.97. The third-order valence-corrected chi connectivity index (χ3v) is 6.40. The van der Waals surface area contributed by atoms with Crippen LogP contribution in [0.5, 0.6) is 0 Å². The molecule has 10 heteroatoms. The van der Waals surface area contributed by atoms with Gasteiger partial charge in [-0.2, -0.15) is 0 Å². The van der Waals surface area contributed by atoms with Crippen molar-refractivity contribution in [2.24, 2.45) is 5.92 Å². The minimum absolute atomic E-state index is 0.0733. The number of nitrogens with one attached hydrogen (secondary N) is 1. The maximum absolute atomic E-state index is 12.3. The molecule has 0 unspecified atom stereocenters. The molecule has 26 heavy (non-hydrogen) atoms. The number of amides is 1. The monoisotopic (exact) mass is 396 g/mol. The van der Waals surface area contributed by atoms with E-state index < -0.39 is 10.0 Å². The van der Waals surface area contributed by atoms with Gasteiger partial charge in [0.1, 0.15) is 0 Å². The lowest BCUT2D eigenvalue weighted by Crippen LogP contribution is -2.40. The van der Waals surface area contributed by atoms with Gasteiger partial charge in [0.25, 0.3) is 0 Å². The zero-order valence-corrected chi connectivity index (χ0v) is 15.9. The van der Waals surface area contributed by atoms with E-state index in [4.69, 9.17) is 4.42 Å². The summed E-state index contributed by atoms with van der Waals surface area (Å²) in [5.74, 6) is 0.465. The van der Waals surface area contributed by atoms with Gasteiger partial charge in [-0.15, -0.1) is 16.9 Å². The number of benzene rings is 1. The minimum atomic E-state index is -3.20. The molecule has 0 saturated carbocycles. The van der Waals surface area contributed by atoms with Crippen molar-refractivity contribution in [3.05, 3.63) is 36.2 Å². The number of thioether (sulfide) groups is 1. The number of nitrogens with zero attached hydrogens (tertiary/aromatic N) is 3. The highest BCUT2D eigenvalue weighted by atomic mass is 32.2. The van der Waals surface area contributed by atoms with Crippen molar-refractivity contribution >= 4 is 33.7 Å². The Kier molecular flexibility index (Phi) is 5.94. The summed E-state index contributed by atoms with van der Waals surface area (Å²) in [5, 5.41) is 10.4. The molecule has 1 N–H and O–H groups in total. The summed E-state index contributed by atoms with van der Waals surface area (Å²) in [6.07, 6.45) is 2.13. The predicted molar refractivity (Wildman–Crippen MR) is 98.1 cm³/mol. The number of rotatable bonds is 6. The van der Waals surface area contributed by atoms with Gasteiger partial charge in [0.05, 0.1) is 12.0 Å². The highest BCUT2D eigenvalue weighted by Crippen LogP contribution is 2.23. The fraction of sp³-hybridized carbons (Fsp3) is 0.438. The quantitative estimate of drug-likeness (QED) is 0.744. The molecule has 2 aromatic rings. The summed E-state index contributed by atoms with van der Waals surface area (Å²) < 4.78 is 29.9. The van der Waals surface area contributed by atoms with Crippen molar-refractivity contribution in [1.29, 1.82) is 0 Å². The molecule has 3 rings (SSSR count). The average molecular weight is 396 g/mol. The second-order valence-corrected chi connectivity index (χ2v) is 9.06. The van der Waals surface area contributed by atoms with E-state index in [-0.39, 0.29) is 17.8 Å².